The zero-order valence-corrected chi connectivity index (χ0v) is 10.8. The quantitative estimate of drug-likeness (QED) is 0.944. The van der Waals surface area contributed by atoms with Crippen LogP contribution in [0.5, 0.6) is 0 Å². The van der Waals surface area contributed by atoms with Gasteiger partial charge in [0.1, 0.15) is 11.6 Å². The van der Waals surface area contributed by atoms with Crippen LogP contribution in [0.25, 0.3) is 0 Å². The van der Waals surface area contributed by atoms with E-state index in [4.69, 9.17) is 0 Å². The maximum absolute atomic E-state index is 13.0. The normalized spacial score (nSPS) is 10.3. The summed E-state index contributed by atoms with van der Waals surface area (Å²) in [4.78, 5) is 8.29. The monoisotopic (exact) mass is 295 g/mol. The molecule has 1 aromatic carbocycles. The standard InChI is InChI=1S/C12H11BrFN3/c1-8-15-5-4-10(17-8)7-16-9-2-3-12(14)11(13)6-9/h2-6,16H,7H2,1H3. The number of anilines is 1. The molecule has 2 aromatic rings. The summed E-state index contributed by atoms with van der Waals surface area (Å²) in [6.07, 6.45) is 1.72. The van der Waals surface area contributed by atoms with Gasteiger partial charge in [0.15, 0.2) is 0 Å². The van der Waals surface area contributed by atoms with Crippen LogP contribution in [0.4, 0.5) is 10.1 Å². The zero-order chi connectivity index (χ0) is 12.3. The van der Waals surface area contributed by atoms with Crippen molar-refractivity contribution in [1.82, 2.24) is 9.97 Å². The van der Waals surface area contributed by atoms with Crippen molar-refractivity contribution >= 4 is 21.6 Å². The van der Waals surface area contributed by atoms with E-state index in [0.29, 0.717) is 11.0 Å². The molecular weight excluding hydrogens is 285 g/mol. The number of aryl methyl sites for hydroxylation is 1. The Kier molecular flexibility index (Phi) is 3.68. The van der Waals surface area contributed by atoms with Gasteiger partial charge in [0.2, 0.25) is 0 Å². The van der Waals surface area contributed by atoms with E-state index in [-0.39, 0.29) is 5.82 Å². The minimum absolute atomic E-state index is 0.270. The Balaban J connectivity index is 2.05. The van der Waals surface area contributed by atoms with E-state index in [1.807, 2.05) is 13.0 Å². The van der Waals surface area contributed by atoms with Crippen LogP contribution in [0.3, 0.4) is 0 Å². The Labute approximate surface area is 107 Å². The highest BCUT2D eigenvalue weighted by atomic mass is 79.9. The molecule has 0 saturated heterocycles. The van der Waals surface area contributed by atoms with Gasteiger partial charge >= 0.3 is 0 Å². The molecule has 2 rings (SSSR count). The summed E-state index contributed by atoms with van der Waals surface area (Å²) < 4.78 is 13.5. The van der Waals surface area contributed by atoms with Crippen molar-refractivity contribution in [2.24, 2.45) is 0 Å². The number of hydrogen-bond acceptors (Lipinski definition) is 3. The molecule has 0 amide bonds. The first kappa shape index (κ1) is 12.0. The number of rotatable bonds is 3. The van der Waals surface area contributed by atoms with Crippen molar-refractivity contribution in [2.45, 2.75) is 13.5 Å². The third-order valence-electron chi connectivity index (χ3n) is 2.23. The van der Waals surface area contributed by atoms with Gasteiger partial charge in [-0.1, -0.05) is 0 Å². The predicted octanol–water partition coefficient (Wildman–Crippen LogP) is 3.30. The Bertz CT molecular complexity index is 531. The van der Waals surface area contributed by atoms with E-state index in [1.54, 1.807) is 18.3 Å². The van der Waals surface area contributed by atoms with Crippen molar-refractivity contribution in [1.29, 1.82) is 0 Å². The van der Waals surface area contributed by atoms with Gasteiger partial charge in [0.25, 0.3) is 0 Å². The minimum atomic E-state index is -0.270. The summed E-state index contributed by atoms with van der Waals surface area (Å²) in [6, 6.07) is 6.65. The highest BCUT2D eigenvalue weighted by Gasteiger charge is 2.01. The second-order valence-corrected chi connectivity index (χ2v) is 4.43. The lowest BCUT2D eigenvalue weighted by atomic mass is 10.3. The lowest BCUT2D eigenvalue weighted by molar-refractivity contribution is 0.621. The smallest absolute Gasteiger partial charge is 0.137 e. The van der Waals surface area contributed by atoms with Crippen molar-refractivity contribution in [3.63, 3.8) is 0 Å². The summed E-state index contributed by atoms with van der Waals surface area (Å²) in [7, 11) is 0. The molecular formula is C12H11BrFN3. The van der Waals surface area contributed by atoms with Gasteiger partial charge in [0.05, 0.1) is 16.7 Å². The van der Waals surface area contributed by atoms with E-state index in [1.165, 1.54) is 6.07 Å². The first-order valence-corrected chi connectivity index (χ1v) is 5.92. The lowest BCUT2D eigenvalue weighted by Crippen LogP contribution is -2.03. The van der Waals surface area contributed by atoms with Gasteiger partial charge in [-0.05, 0) is 47.1 Å². The molecule has 0 aliphatic heterocycles. The summed E-state index contributed by atoms with van der Waals surface area (Å²) in [5, 5.41) is 3.17. The van der Waals surface area contributed by atoms with Crippen molar-refractivity contribution in [3.05, 3.63) is 52.3 Å². The second-order valence-electron chi connectivity index (χ2n) is 3.58. The maximum Gasteiger partial charge on any atom is 0.137 e. The SMILES string of the molecule is Cc1nccc(CNc2ccc(F)c(Br)c2)n1. The Morgan fingerprint density at radius 3 is 2.88 bits per heavy atom. The second kappa shape index (κ2) is 5.23. The van der Waals surface area contributed by atoms with E-state index >= 15 is 0 Å². The summed E-state index contributed by atoms with van der Waals surface area (Å²) >= 11 is 3.14. The molecule has 0 radical (unpaired) electrons. The Hall–Kier alpha value is -1.49. The largest absolute Gasteiger partial charge is 0.379 e. The topological polar surface area (TPSA) is 37.8 Å². The average Bonchev–Trinajstić information content (AvgIpc) is 2.31. The van der Waals surface area contributed by atoms with Crippen molar-refractivity contribution < 1.29 is 4.39 Å². The fraction of sp³-hybridized carbons (Fsp3) is 0.167. The minimum Gasteiger partial charge on any atom is -0.379 e. The lowest BCUT2D eigenvalue weighted by Gasteiger charge is -2.07. The van der Waals surface area contributed by atoms with Gasteiger partial charge in [0, 0.05) is 11.9 Å². The van der Waals surface area contributed by atoms with E-state index in [0.717, 1.165) is 17.2 Å². The molecule has 1 N–H and O–H groups in total. The molecule has 17 heavy (non-hydrogen) atoms. The van der Waals surface area contributed by atoms with Crippen LogP contribution in [0.15, 0.2) is 34.9 Å². The summed E-state index contributed by atoms with van der Waals surface area (Å²) in [5.41, 5.74) is 1.74. The van der Waals surface area contributed by atoms with Gasteiger partial charge in [-0.25, -0.2) is 14.4 Å². The highest BCUT2D eigenvalue weighted by Crippen LogP contribution is 2.20. The van der Waals surface area contributed by atoms with E-state index < -0.39 is 0 Å². The molecule has 3 nitrogen and oxygen atoms in total. The molecule has 0 aliphatic rings. The van der Waals surface area contributed by atoms with Crippen LogP contribution >= 0.6 is 15.9 Å². The number of aromatic nitrogens is 2. The Morgan fingerprint density at radius 1 is 1.35 bits per heavy atom. The summed E-state index contributed by atoms with van der Waals surface area (Å²) in [6.45, 7) is 2.43. The zero-order valence-electron chi connectivity index (χ0n) is 9.24. The molecule has 1 aromatic heterocycles. The van der Waals surface area contributed by atoms with Crippen LogP contribution in [0.1, 0.15) is 11.5 Å². The molecule has 5 heteroatoms. The molecule has 88 valence electrons. The van der Waals surface area contributed by atoms with Gasteiger partial charge in [-0.2, -0.15) is 0 Å². The van der Waals surface area contributed by atoms with Crippen LogP contribution < -0.4 is 5.32 Å². The number of nitrogens with zero attached hydrogens (tertiary/aromatic N) is 2. The average molecular weight is 296 g/mol. The van der Waals surface area contributed by atoms with Gasteiger partial charge in [-0.3, -0.25) is 0 Å². The number of halogens is 2. The molecule has 0 aliphatic carbocycles. The van der Waals surface area contributed by atoms with E-state index in [9.17, 15) is 4.39 Å². The molecule has 1 heterocycles. The summed E-state index contributed by atoms with van der Waals surface area (Å²) in [5.74, 6) is 0.470. The molecule has 0 unspecified atom stereocenters. The fourth-order valence-electron chi connectivity index (χ4n) is 1.40. The molecule has 0 atom stereocenters. The first-order valence-electron chi connectivity index (χ1n) is 5.12. The van der Waals surface area contributed by atoms with Crippen LogP contribution in [-0.4, -0.2) is 9.97 Å². The van der Waals surface area contributed by atoms with Gasteiger partial charge < -0.3 is 5.32 Å². The number of hydrogen-bond donors (Lipinski definition) is 1. The molecule has 0 saturated carbocycles. The third-order valence-corrected chi connectivity index (χ3v) is 2.83. The number of benzene rings is 1. The highest BCUT2D eigenvalue weighted by molar-refractivity contribution is 9.10. The van der Waals surface area contributed by atoms with Crippen LogP contribution in [0.2, 0.25) is 0 Å². The van der Waals surface area contributed by atoms with Gasteiger partial charge in [-0.15, -0.1) is 0 Å². The molecule has 0 fully saturated rings. The predicted molar refractivity (Wildman–Crippen MR) is 68.2 cm³/mol. The molecule has 0 bridgehead atoms. The number of nitrogens with one attached hydrogen (secondary N) is 1. The van der Waals surface area contributed by atoms with Crippen LogP contribution in [-0.2, 0) is 6.54 Å². The third kappa shape index (κ3) is 3.23. The fourth-order valence-corrected chi connectivity index (χ4v) is 1.78. The maximum atomic E-state index is 13.0. The van der Waals surface area contributed by atoms with Crippen LogP contribution in [0, 0.1) is 12.7 Å². The van der Waals surface area contributed by atoms with E-state index in [2.05, 4.69) is 31.2 Å². The van der Waals surface area contributed by atoms with Crippen molar-refractivity contribution in [2.75, 3.05) is 5.32 Å². The van der Waals surface area contributed by atoms with Crippen molar-refractivity contribution in [3.8, 4) is 0 Å². The first-order chi connectivity index (χ1) is 8.15. The Morgan fingerprint density at radius 2 is 2.18 bits per heavy atom. The molecule has 0 spiro atoms.